The molecule has 32 heavy (non-hydrogen) atoms. The molecular weight excluding hydrogens is 400 g/mol. The van der Waals surface area contributed by atoms with E-state index in [-0.39, 0.29) is 11.8 Å². The van der Waals surface area contributed by atoms with Gasteiger partial charge in [-0.1, -0.05) is 79.7 Å². The lowest BCUT2D eigenvalue weighted by Gasteiger charge is -2.31. The van der Waals surface area contributed by atoms with E-state index in [0.717, 1.165) is 22.4 Å². The minimum Gasteiger partial charge on any atom is -0.497 e. The summed E-state index contributed by atoms with van der Waals surface area (Å²) in [7, 11) is 1.62. The van der Waals surface area contributed by atoms with Crippen molar-refractivity contribution in [1.82, 2.24) is 10.2 Å². The Morgan fingerprint density at radius 3 is 2.00 bits per heavy atom. The molecule has 3 rings (SSSR count). The number of nitrogens with zero attached hydrogens (tertiary/aromatic N) is 1. The second-order valence-corrected chi connectivity index (χ2v) is 7.63. The number of nitrogens with one attached hydrogen (secondary N) is 1. The maximum absolute atomic E-state index is 13.4. The predicted octanol–water partition coefficient (Wildman–Crippen LogP) is 4.36. The Morgan fingerprint density at radius 2 is 1.44 bits per heavy atom. The van der Waals surface area contributed by atoms with Crippen molar-refractivity contribution in [3.63, 3.8) is 0 Å². The van der Waals surface area contributed by atoms with Gasteiger partial charge >= 0.3 is 0 Å². The summed E-state index contributed by atoms with van der Waals surface area (Å²) < 4.78 is 5.19. The minimum atomic E-state index is -0.608. The largest absolute Gasteiger partial charge is 0.497 e. The number of carbonyl (C=O) groups is 2. The van der Waals surface area contributed by atoms with Crippen LogP contribution in [0, 0.1) is 0 Å². The van der Waals surface area contributed by atoms with Crippen molar-refractivity contribution in [2.75, 3.05) is 7.11 Å². The second-order valence-electron chi connectivity index (χ2n) is 7.63. The first kappa shape index (κ1) is 23.1. The van der Waals surface area contributed by atoms with Crippen molar-refractivity contribution in [1.29, 1.82) is 0 Å². The van der Waals surface area contributed by atoms with Gasteiger partial charge in [-0.05, 0) is 28.8 Å². The van der Waals surface area contributed by atoms with E-state index in [4.69, 9.17) is 4.74 Å². The summed E-state index contributed by atoms with van der Waals surface area (Å²) in [5.74, 6) is 0.557. The molecule has 0 bridgehead atoms. The van der Waals surface area contributed by atoms with Crippen LogP contribution in [0.3, 0.4) is 0 Å². The molecule has 0 heterocycles. The van der Waals surface area contributed by atoms with Crippen LogP contribution in [-0.2, 0) is 29.1 Å². The number of hydrogen-bond donors (Lipinski definition) is 1. The molecule has 166 valence electrons. The highest BCUT2D eigenvalue weighted by molar-refractivity contribution is 5.87. The highest BCUT2D eigenvalue weighted by atomic mass is 16.5. The average molecular weight is 431 g/mol. The standard InChI is InChI=1S/C27H30N2O3/c1-3-26(30)29(20-23-12-8-5-9-13-23)25(18-21-10-6-4-7-11-21)27(31)28-19-22-14-16-24(32-2)17-15-22/h4-17,25H,3,18-20H2,1-2H3,(H,28,31)/t25-/m1/s1. The van der Waals surface area contributed by atoms with E-state index in [1.807, 2.05) is 91.9 Å². The van der Waals surface area contributed by atoms with Crippen LogP contribution in [0.15, 0.2) is 84.9 Å². The van der Waals surface area contributed by atoms with E-state index >= 15 is 0 Å². The fourth-order valence-corrected chi connectivity index (χ4v) is 3.59. The van der Waals surface area contributed by atoms with Gasteiger partial charge in [-0.3, -0.25) is 9.59 Å². The molecule has 0 aliphatic rings. The third kappa shape index (κ3) is 6.45. The van der Waals surface area contributed by atoms with Gasteiger partial charge in [-0.2, -0.15) is 0 Å². The van der Waals surface area contributed by atoms with E-state index < -0.39 is 6.04 Å². The molecule has 0 spiro atoms. The number of hydrogen-bond acceptors (Lipinski definition) is 3. The first-order chi connectivity index (χ1) is 15.6. The Kier molecular flexibility index (Phi) is 8.44. The molecule has 1 N–H and O–H groups in total. The summed E-state index contributed by atoms with van der Waals surface area (Å²) in [5, 5.41) is 3.03. The Morgan fingerprint density at radius 1 is 0.844 bits per heavy atom. The Bertz CT molecular complexity index is 988. The van der Waals surface area contributed by atoms with Crippen molar-refractivity contribution in [3.8, 4) is 5.75 Å². The lowest BCUT2D eigenvalue weighted by atomic mass is 10.0. The molecule has 3 aromatic rings. The summed E-state index contributed by atoms with van der Waals surface area (Å²) >= 11 is 0. The number of ether oxygens (including phenoxy) is 1. The van der Waals surface area contributed by atoms with Gasteiger partial charge in [0.05, 0.1) is 7.11 Å². The van der Waals surface area contributed by atoms with Gasteiger partial charge in [0.2, 0.25) is 11.8 Å². The third-order valence-electron chi connectivity index (χ3n) is 5.40. The Hall–Kier alpha value is -3.60. The van der Waals surface area contributed by atoms with Crippen LogP contribution in [0.1, 0.15) is 30.0 Å². The molecule has 2 amide bonds. The SMILES string of the molecule is CCC(=O)N(Cc1ccccc1)[C@H](Cc1ccccc1)C(=O)NCc1ccc(OC)cc1. The minimum absolute atomic E-state index is 0.0469. The lowest BCUT2D eigenvalue weighted by molar-refractivity contribution is -0.141. The number of amides is 2. The molecule has 0 aliphatic carbocycles. The third-order valence-corrected chi connectivity index (χ3v) is 5.40. The van der Waals surface area contributed by atoms with Crippen LogP contribution in [0.5, 0.6) is 5.75 Å². The fraction of sp³-hybridized carbons (Fsp3) is 0.259. The maximum atomic E-state index is 13.4. The molecule has 1 atom stereocenters. The number of benzene rings is 3. The van der Waals surface area contributed by atoms with Crippen molar-refractivity contribution in [2.45, 2.75) is 38.9 Å². The fourth-order valence-electron chi connectivity index (χ4n) is 3.59. The highest BCUT2D eigenvalue weighted by Crippen LogP contribution is 2.16. The van der Waals surface area contributed by atoms with Crippen molar-refractivity contribution in [2.24, 2.45) is 0 Å². The average Bonchev–Trinajstić information content (AvgIpc) is 2.85. The molecule has 0 aromatic heterocycles. The molecule has 0 saturated carbocycles. The zero-order valence-corrected chi connectivity index (χ0v) is 18.7. The topological polar surface area (TPSA) is 58.6 Å². The first-order valence-electron chi connectivity index (χ1n) is 10.9. The van der Waals surface area contributed by atoms with Gasteiger partial charge in [0.15, 0.2) is 0 Å². The summed E-state index contributed by atoms with van der Waals surface area (Å²) in [6, 6.07) is 26.6. The van der Waals surface area contributed by atoms with E-state index in [2.05, 4.69) is 5.32 Å². The van der Waals surface area contributed by atoms with Gasteiger partial charge in [0, 0.05) is 25.9 Å². The van der Waals surface area contributed by atoms with E-state index in [1.165, 1.54) is 0 Å². The smallest absolute Gasteiger partial charge is 0.243 e. The summed E-state index contributed by atoms with van der Waals surface area (Å²) in [6.07, 6.45) is 0.789. The van der Waals surface area contributed by atoms with Crippen molar-refractivity contribution in [3.05, 3.63) is 102 Å². The first-order valence-corrected chi connectivity index (χ1v) is 10.9. The number of rotatable bonds is 10. The van der Waals surface area contributed by atoms with E-state index in [9.17, 15) is 9.59 Å². The molecule has 5 heteroatoms. The summed E-state index contributed by atoms with van der Waals surface area (Å²) in [4.78, 5) is 28.0. The Balaban J connectivity index is 1.82. The van der Waals surface area contributed by atoms with Crippen LogP contribution < -0.4 is 10.1 Å². The quantitative estimate of drug-likeness (QED) is 0.520. The monoisotopic (exact) mass is 430 g/mol. The van der Waals surface area contributed by atoms with Crippen LogP contribution >= 0.6 is 0 Å². The second kappa shape index (κ2) is 11.7. The summed E-state index contributed by atoms with van der Waals surface area (Å²) in [6.45, 7) is 2.60. The molecular formula is C27H30N2O3. The van der Waals surface area contributed by atoms with Gasteiger partial charge < -0.3 is 15.0 Å². The molecule has 0 aliphatic heterocycles. The van der Waals surface area contributed by atoms with Crippen LogP contribution in [0.2, 0.25) is 0 Å². The molecule has 5 nitrogen and oxygen atoms in total. The molecule has 0 unspecified atom stereocenters. The van der Waals surface area contributed by atoms with E-state index in [1.54, 1.807) is 12.0 Å². The van der Waals surface area contributed by atoms with Crippen LogP contribution in [0.25, 0.3) is 0 Å². The zero-order chi connectivity index (χ0) is 22.8. The zero-order valence-electron chi connectivity index (χ0n) is 18.7. The van der Waals surface area contributed by atoms with Gasteiger partial charge in [0.25, 0.3) is 0 Å². The van der Waals surface area contributed by atoms with Crippen molar-refractivity contribution < 1.29 is 14.3 Å². The number of methoxy groups -OCH3 is 1. The predicted molar refractivity (Wildman–Crippen MR) is 126 cm³/mol. The molecule has 0 saturated heterocycles. The van der Waals surface area contributed by atoms with Crippen LogP contribution in [0.4, 0.5) is 0 Å². The molecule has 0 radical (unpaired) electrons. The van der Waals surface area contributed by atoms with E-state index in [0.29, 0.717) is 25.9 Å². The highest BCUT2D eigenvalue weighted by Gasteiger charge is 2.29. The molecule has 0 fully saturated rings. The molecule has 3 aromatic carbocycles. The van der Waals surface area contributed by atoms with Gasteiger partial charge in [0.1, 0.15) is 11.8 Å². The van der Waals surface area contributed by atoms with Gasteiger partial charge in [-0.15, -0.1) is 0 Å². The van der Waals surface area contributed by atoms with Crippen LogP contribution in [-0.4, -0.2) is 29.9 Å². The maximum Gasteiger partial charge on any atom is 0.243 e. The van der Waals surface area contributed by atoms with Crippen molar-refractivity contribution >= 4 is 11.8 Å². The summed E-state index contributed by atoms with van der Waals surface area (Å²) in [5.41, 5.74) is 2.98. The van der Waals surface area contributed by atoms with Gasteiger partial charge in [-0.25, -0.2) is 0 Å². The normalized spacial score (nSPS) is 11.4. The Labute approximate surface area is 190 Å². The lowest BCUT2D eigenvalue weighted by Crippen LogP contribution is -2.50. The number of carbonyl (C=O) groups excluding carboxylic acids is 2.